The molecule has 2 N–H and O–H groups in total. The van der Waals surface area contributed by atoms with E-state index in [1.165, 1.54) is 6.20 Å². The summed E-state index contributed by atoms with van der Waals surface area (Å²) in [7, 11) is 0. The van der Waals surface area contributed by atoms with Crippen molar-refractivity contribution in [3.05, 3.63) is 46.8 Å². The molecule has 1 aliphatic carbocycles. The summed E-state index contributed by atoms with van der Waals surface area (Å²) in [6, 6.07) is 6.04. The van der Waals surface area contributed by atoms with Gasteiger partial charge in [0.25, 0.3) is 5.91 Å². The van der Waals surface area contributed by atoms with Crippen LogP contribution in [0.15, 0.2) is 24.4 Å². The molecule has 1 aromatic heterocycles. The van der Waals surface area contributed by atoms with Gasteiger partial charge >= 0.3 is 5.97 Å². The number of aliphatic carboxylic acids is 1. The van der Waals surface area contributed by atoms with Crippen LogP contribution >= 0.6 is 0 Å². The lowest BCUT2D eigenvalue weighted by molar-refractivity contribution is -0.190. The summed E-state index contributed by atoms with van der Waals surface area (Å²) in [5.74, 6) is -1.49. The third-order valence-corrected chi connectivity index (χ3v) is 6.30. The fraction of sp³-hybridized carbons (Fsp3) is 0.500. The second-order valence-corrected chi connectivity index (χ2v) is 8.38. The van der Waals surface area contributed by atoms with Crippen LogP contribution < -0.4 is 5.32 Å². The maximum Gasteiger partial charge on any atom is 0.330 e. The highest BCUT2D eigenvalue weighted by Gasteiger charge is 2.66. The van der Waals surface area contributed by atoms with E-state index in [9.17, 15) is 14.7 Å². The summed E-state index contributed by atoms with van der Waals surface area (Å²) >= 11 is 0. The zero-order valence-corrected chi connectivity index (χ0v) is 17.9. The van der Waals surface area contributed by atoms with Gasteiger partial charge in [0, 0.05) is 18.4 Å². The first-order chi connectivity index (χ1) is 13.5. The van der Waals surface area contributed by atoms with Crippen molar-refractivity contribution in [2.75, 3.05) is 6.61 Å². The Balaban J connectivity index is 1.91. The molecule has 1 fully saturated rings. The number of carbonyl (C=O) groups is 2. The first-order valence-corrected chi connectivity index (χ1v) is 9.85. The summed E-state index contributed by atoms with van der Waals surface area (Å²) in [5.41, 5.74) is 1.94. The largest absolute Gasteiger partial charge is 0.479 e. The minimum Gasteiger partial charge on any atom is -0.479 e. The number of hydrogen-bond acceptors (Lipinski definition) is 4. The molecule has 0 spiro atoms. The Morgan fingerprint density at radius 3 is 2.59 bits per heavy atom. The number of carboxylic acids is 1. The highest BCUT2D eigenvalue weighted by molar-refractivity contribution is 5.99. The van der Waals surface area contributed by atoms with E-state index in [0.717, 1.165) is 16.8 Å². The van der Waals surface area contributed by atoms with E-state index >= 15 is 0 Å². The highest BCUT2D eigenvalue weighted by Crippen LogP contribution is 2.51. The lowest BCUT2D eigenvalue weighted by atomic mass is 9.54. The summed E-state index contributed by atoms with van der Waals surface area (Å²) < 4.78 is 7.39. The molecule has 0 radical (unpaired) electrons. The smallest absolute Gasteiger partial charge is 0.330 e. The number of hydrogen-bond donors (Lipinski definition) is 2. The number of aromatic nitrogens is 2. The van der Waals surface area contributed by atoms with Crippen molar-refractivity contribution >= 4 is 11.9 Å². The minimum absolute atomic E-state index is 0.220. The van der Waals surface area contributed by atoms with Crippen LogP contribution in [0.4, 0.5) is 0 Å². The van der Waals surface area contributed by atoms with E-state index in [1.54, 1.807) is 4.68 Å². The number of nitrogens with one attached hydrogen (secondary N) is 1. The Morgan fingerprint density at radius 1 is 1.31 bits per heavy atom. The summed E-state index contributed by atoms with van der Waals surface area (Å²) in [4.78, 5) is 25.2. The summed E-state index contributed by atoms with van der Waals surface area (Å²) in [5, 5.41) is 17.1. The standard InChI is InChI=1S/C22H29N3O4/c1-7-29-18-11-22(20(27)28,21(18,5)6)24-19(26)16-12-23-25(15(16)4)17-10-13(2)8-9-14(17)3/h8-10,12,18H,7,11H2,1-6H3,(H,24,26)(H,27,28). The van der Waals surface area contributed by atoms with Crippen LogP contribution in [-0.4, -0.2) is 45.0 Å². The second kappa shape index (κ2) is 7.30. The van der Waals surface area contributed by atoms with Crippen molar-refractivity contribution in [1.29, 1.82) is 0 Å². The van der Waals surface area contributed by atoms with E-state index < -0.39 is 22.8 Å². The minimum atomic E-state index is -1.38. The third kappa shape index (κ3) is 3.23. The molecule has 1 amide bonds. The Bertz CT molecular complexity index is 963. The molecule has 29 heavy (non-hydrogen) atoms. The van der Waals surface area contributed by atoms with E-state index in [0.29, 0.717) is 17.9 Å². The predicted molar refractivity (Wildman–Crippen MR) is 109 cm³/mol. The van der Waals surface area contributed by atoms with Gasteiger partial charge in [-0.15, -0.1) is 0 Å². The van der Waals surface area contributed by atoms with Gasteiger partial charge in [-0.2, -0.15) is 5.10 Å². The van der Waals surface area contributed by atoms with Crippen molar-refractivity contribution in [3.8, 4) is 5.69 Å². The van der Waals surface area contributed by atoms with Gasteiger partial charge in [-0.05, 0) is 44.9 Å². The molecule has 1 heterocycles. The van der Waals surface area contributed by atoms with Crippen LogP contribution in [0.5, 0.6) is 0 Å². The molecular formula is C22H29N3O4. The number of aryl methyl sites for hydroxylation is 2. The van der Waals surface area contributed by atoms with Crippen LogP contribution in [0.25, 0.3) is 5.69 Å². The van der Waals surface area contributed by atoms with Gasteiger partial charge < -0.3 is 15.2 Å². The van der Waals surface area contributed by atoms with Gasteiger partial charge in [0.05, 0.1) is 29.2 Å². The SMILES string of the molecule is CCOC1CC(NC(=O)c2cnn(-c3cc(C)ccc3C)c2C)(C(=O)O)C1(C)C. The van der Waals surface area contributed by atoms with Crippen LogP contribution in [-0.2, 0) is 9.53 Å². The fourth-order valence-corrected chi connectivity index (χ4v) is 4.12. The zero-order valence-electron chi connectivity index (χ0n) is 17.9. The number of nitrogens with zero attached hydrogens (tertiary/aromatic N) is 2. The van der Waals surface area contributed by atoms with Crippen LogP contribution in [0.3, 0.4) is 0 Å². The number of benzene rings is 1. The highest BCUT2D eigenvalue weighted by atomic mass is 16.5. The van der Waals surface area contributed by atoms with Crippen molar-refractivity contribution < 1.29 is 19.4 Å². The lowest BCUT2D eigenvalue weighted by Crippen LogP contribution is -2.76. The maximum absolute atomic E-state index is 13.1. The van der Waals surface area contributed by atoms with Crippen LogP contribution in [0.2, 0.25) is 0 Å². The number of amides is 1. The van der Waals surface area contributed by atoms with E-state index in [4.69, 9.17) is 4.74 Å². The van der Waals surface area contributed by atoms with Gasteiger partial charge in [0.15, 0.2) is 0 Å². The second-order valence-electron chi connectivity index (χ2n) is 8.38. The summed E-state index contributed by atoms with van der Waals surface area (Å²) in [6.45, 7) is 11.8. The van der Waals surface area contributed by atoms with E-state index in [-0.39, 0.29) is 12.5 Å². The van der Waals surface area contributed by atoms with Crippen LogP contribution in [0, 0.1) is 26.2 Å². The molecule has 0 aliphatic heterocycles. The number of ether oxygens (including phenoxy) is 1. The van der Waals surface area contributed by atoms with Crippen molar-refractivity contribution in [1.82, 2.24) is 15.1 Å². The first-order valence-electron chi connectivity index (χ1n) is 9.85. The van der Waals surface area contributed by atoms with Gasteiger partial charge in [-0.1, -0.05) is 26.0 Å². The predicted octanol–water partition coefficient (Wildman–Crippen LogP) is 3.19. The zero-order chi connectivity index (χ0) is 21.6. The van der Waals surface area contributed by atoms with Crippen molar-refractivity contribution in [2.45, 2.75) is 59.6 Å². The molecule has 0 bridgehead atoms. The topological polar surface area (TPSA) is 93.5 Å². The summed E-state index contributed by atoms with van der Waals surface area (Å²) in [6.07, 6.45) is 1.51. The average Bonchev–Trinajstić information content (AvgIpc) is 3.03. The molecule has 1 aromatic carbocycles. The molecule has 2 atom stereocenters. The van der Waals surface area contributed by atoms with Gasteiger partial charge in [-0.25, -0.2) is 9.48 Å². The molecule has 2 unspecified atom stereocenters. The van der Waals surface area contributed by atoms with Gasteiger partial charge in [0.2, 0.25) is 0 Å². The molecule has 7 heteroatoms. The third-order valence-electron chi connectivity index (χ3n) is 6.30. The van der Waals surface area contributed by atoms with E-state index in [1.807, 2.05) is 59.7 Å². The van der Waals surface area contributed by atoms with E-state index in [2.05, 4.69) is 10.4 Å². The Morgan fingerprint density at radius 2 is 2.00 bits per heavy atom. The molecule has 1 saturated carbocycles. The molecule has 1 aliphatic rings. The van der Waals surface area contributed by atoms with Crippen molar-refractivity contribution in [2.24, 2.45) is 5.41 Å². The normalized spacial score (nSPS) is 22.8. The van der Waals surface area contributed by atoms with Gasteiger partial charge in [-0.3, -0.25) is 4.79 Å². The number of carboxylic acid groups (broad SMARTS) is 1. The Hall–Kier alpha value is -2.67. The average molecular weight is 399 g/mol. The Labute approximate surface area is 171 Å². The molecule has 156 valence electrons. The molecule has 2 aromatic rings. The fourth-order valence-electron chi connectivity index (χ4n) is 4.12. The molecule has 7 nitrogen and oxygen atoms in total. The molecule has 3 rings (SSSR count). The Kier molecular flexibility index (Phi) is 5.30. The molecule has 0 saturated heterocycles. The lowest BCUT2D eigenvalue weighted by Gasteiger charge is -2.58. The van der Waals surface area contributed by atoms with Gasteiger partial charge in [0.1, 0.15) is 5.54 Å². The maximum atomic E-state index is 13.1. The first kappa shape index (κ1) is 21.0. The number of rotatable bonds is 6. The van der Waals surface area contributed by atoms with Crippen molar-refractivity contribution in [3.63, 3.8) is 0 Å². The van der Waals surface area contributed by atoms with Crippen LogP contribution in [0.1, 0.15) is 54.4 Å². The molecular weight excluding hydrogens is 370 g/mol. The monoisotopic (exact) mass is 399 g/mol. The number of carbonyl (C=O) groups excluding carboxylic acids is 1. The quantitative estimate of drug-likeness (QED) is 0.778.